The minimum absolute atomic E-state index is 0.127. The van der Waals surface area contributed by atoms with Gasteiger partial charge in [0.15, 0.2) is 11.7 Å². The highest BCUT2D eigenvalue weighted by Crippen LogP contribution is 2.35. The van der Waals surface area contributed by atoms with E-state index in [1.165, 1.54) is 6.07 Å². The van der Waals surface area contributed by atoms with E-state index in [4.69, 9.17) is 21.7 Å². The van der Waals surface area contributed by atoms with Crippen molar-refractivity contribution in [2.45, 2.75) is 6.18 Å². The fourth-order valence-corrected chi connectivity index (χ4v) is 3.38. The summed E-state index contributed by atoms with van der Waals surface area (Å²) in [5, 5.41) is 5.01. The maximum absolute atomic E-state index is 13.2. The van der Waals surface area contributed by atoms with E-state index in [1.807, 2.05) is 4.90 Å². The first-order valence-electron chi connectivity index (χ1n) is 9.25. The monoisotopic (exact) mass is 517 g/mol. The standard InChI is InChI=1S/C20H19BrF3N3O3S/c21-14-2-4-15(5-3-14)30-12-18(28)26-19(31)25-16-11-13(20(22,23)24)1-6-17(16)27-7-9-29-10-8-27/h1-6,11H,7-10,12H2,(H2,25,26,28,31). The van der Waals surface area contributed by atoms with Crippen LogP contribution >= 0.6 is 28.1 Å². The normalized spacial score (nSPS) is 14.1. The van der Waals surface area contributed by atoms with E-state index in [-0.39, 0.29) is 17.4 Å². The number of morpholine rings is 1. The van der Waals surface area contributed by atoms with Gasteiger partial charge in [0, 0.05) is 17.6 Å². The van der Waals surface area contributed by atoms with Gasteiger partial charge in [-0.15, -0.1) is 0 Å². The zero-order valence-corrected chi connectivity index (χ0v) is 18.6. The predicted molar refractivity (Wildman–Crippen MR) is 118 cm³/mol. The van der Waals surface area contributed by atoms with E-state index in [0.29, 0.717) is 37.7 Å². The topological polar surface area (TPSA) is 62.8 Å². The molecule has 1 fully saturated rings. The first-order valence-corrected chi connectivity index (χ1v) is 10.5. The molecule has 3 rings (SSSR count). The minimum atomic E-state index is -4.51. The third kappa shape index (κ3) is 6.81. The Morgan fingerprint density at radius 2 is 1.84 bits per heavy atom. The van der Waals surface area contributed by atoms with Crippen LogP contribution in [0.15, 0.2) is 46.9 Å². The fraction of sp³-hybridized carbons (Fsp3) is 0.300. The summed E-state index contributed by atoms with van der Waals surface area (Å²) in [6.07, 6.45) is -4.51. The molecule has 1 amide bonds. The fourth-order valence-electron chi connectivity index (χ4n) is 2.89. The van der Waals surface area contributed by atoms with Gasteiger partial charge >= 0.3 is 6.18 Å². The van der Waals surface area contributed by atoms with Crippen LogP contribution in [-0.2, 0) is 15.7 Å². The SMILES string of the molecule is O=C(COc1ccc(Br)cc1)NC(=S)Nc1cc(C(F)(F)F)ccc1N1CCOCC1. The highest BCUT2D eigenvalue weighted by atomic mass is 79.9. The van der Waals surface area contributed by atoms with Crippen LogP contribution in [0.25, 0.3) is 0 Å². The smallest absolute Gasteiger partial charge is 0.416 e. The molecular formula is C20H19BrF3N3O3S. The second kappa shape index (κ2) is 10.3. The van der Waals surface area contributed by atoms with E-state index >= 15 is 0 Å². The van der Waals surface area contributed by atoms with E-state index in [9.17, 15) is 18.0 Å². The molecule has 0 aliphatic carbocycles. The van der Waals surface area contributed by atoms with Crippen molar-refractivity contribution in [2.75, 3.05) is 43.1 Å². The van der Waals surface area contributed by atoms with E-state index < -0.39 is 17.6 Å². The number of nitrogens with zero attached hydrogens (tertiary/aromatic N) is 1. The van der Waals surface area contributed by atoms with Crippen molar-refractivity contribution in [3.63, 3.8) is 0 Å². The Balaban J connectivity index is 1.66. The van der Waals surface area contributed by atoms with Crippen molar-refractivity contribution in [1.82, 2.24) is 5.32 Å². The summed E-state index contributed by atoms with van der Waals surface area (Å²) in [5.74, 6) is -0.0509. The average molecular weight is 518 g/mol. The highest BCUT2D eigenvalue weighted by molar-refractivity contribution is 9.10. The van der Waals surface area contributed by atoms with Crippen molar-refractivity contribution < 1.29 is 27.4 Å². The van der Waals surface area contributed by atoms with Crippen LogP contribution in [0.3, 0.4) is 0 Å². The molecule has 0 bridgehead atoms. The molecule has 1 aliphatic heterocycles. The van der Waals surface area contributed by atoms with Crippen LogP contribution in [0.1, 0.15) is 5.56 Å². The minimum Gasteiger partial charge on any atom is -0.484 e. The van der Waals surface area contributed by atoms with Crippen molar-refractivity contribution >= 4 is 50.5 Å². The van der Waals surface area contributed by atoms with Gasteiger partial charge in [0.2, 0.25) is 0 Å². The first-order chi connectivity index (χ1) is 14.7. The van der Waals surface area contributed by atoms with Gasteiger partial charge in [-0.05, 0) is 54.7 Å². The number of carbonyl (C=O) groups excluding carboxylic acids is 1. The molecule has 0 radical (unpaired) electrons. The van der Waals surface area contributed by atoms with Gasteiger partial charge in [0.05, 0.1) is 30.2 Å². The van der Waals surface area contributed by atoms with Gasteiger partial charge < -0.3 is 19.7 Å². The summed E-state index contributed by atoms with van der Waals surface area (Å²) < 4.78 is 51.1. The number of hydrogen-bond donors (Lipinski definition) is 2. The predicted octanol–water partition coefficient (Wildman–Crippen LogP) is 4.20. The van der Waals surface area contributed by atoms with Crippen molar-refractivity contribution in [1.29, 1.82) is 0 Å². The Morgan fingerprint density at radius 3 is 2.48 bits per heavy atom. The van der Waals surface area contributed by atoms with Gasteiger partial charge in [0.1, 0.15) is 5.75 Å². The van der Waals surface area contributed by atoms with Crippen LogP contribution in [0, 0.1) is 0 Å². The van der Waals surface area contributed by atoms with Crippen LogP contribution in [0.2, 0.25) is 0 Å². The third-order valence-electron chi connectivity index (χ3n) is 4.36. The molecule has 0 atom stereocenters. The van der Waals surface area contributed by atoms with Crippen LogP contribution < -0.4 is 20.3 Å². The first kappa shape index (κ1) is 23.3. The molecular weight excluding hydrogens is 499 g/mol. The van der Waals surface area contributed by atoms with Crippen molar-refractivity contribution in [3.8, 4) is 5.75 Å². The number of benzene rings is 2. The lowest BCUT2D eigenvalue weighted by Crippen LogP contribution is -2.39. The molecule has 31 heavy (non-hydrogen) atoms. The summed E-state index contributed by atoms with van der Waals surface area (Å²) in [5.41, 5.74) is -0.130. The Hall–Kier alpha value is -2.37. The average Bonchev–Trinajstić information content (AvgIpc) is 2.73. The van der Waals surface area contributed by atoms with E-state index in [2.05, 4.69) is 26.6 Å². The Labute approximate surface area is 190 Å². The molecule has 2 aromatic rings. The zero-order valence-electron chi connectivity index (χ0n) is 16.2. The second-order valence-corrected chi connectivity index (χ2v) is 7.90. The largest absolute Gasteiger partial charge is 0.484 e. The molecule has 0 saturated carbocycles. The van der Waals surface area contributed by atoms with Gasteiger partial charge in [-0.3, -0.25) is 10.1 Å². The van der Waals surface area contributed by atoms with Crippen LogP contribution in [-0.4, -0.2) is 43.9 Å². The zero-order chi connectivity index (χ0) is 22.4. The molecule has 166 valence electrons. The molecule has 1 aliphatic rings. The number of thiocarbonyl (C=S) groups is 1. The molecule has 1 heterocycles. The number of carbonyl (C=O) groups is 1. The van der Waals surface area contributed by atoms with Crippen molar-refractivity contribution in [3.05, 3.63) is 52.5 Å². The molecule has 0 aromatic heterocycles. The van der Waals surface area contributed by atoms with Gasteiger partial charge in [-0.2, -0.15) is 13.2 Å². The maximum atomic E-state index is 13.2. The van der Waals surface area contributed by atoms with Crippen LogP contribution in [0.5, 0.6) is 5.75 Å². The molecule has 2 N–H and O–H groups in total. The molecule has 11 heteroatoms. The van der Waals surface area contributed by atoms with Gasteiger partial charge in [-0.1, -0.05) is 15.9 Å². The quantitative estimate of drug-likeness (QED) is 0.579. The molecule has 0 unspecified atom stereocenters. The Morgan fingerprint density at radius 1 is 1.16 bits per heavy atom. The summed E-state index contributed by atoms with van der Waals surface area (Å²) in [6.45, 7) is 1.69. The number of anilines is 2. The number of rotatable bonds is 5. The molecule has 6 nitrogen and oxygen atoms in total. The summed E-state index contributed by atoms with van der Waals surface area (Å²) in [6, 6.07) is 10.3. The molecule has 0 spiro atoms. The third-order valence-corrected chi connectivity index (χ3v) is 5.09. The number of amides is 1. The maximum Gasteiger partial charge on any atom is 0.416 e. The molecule has 2 aromatic carbocycles. The number of halogens is 4. The lowest BCUT2D eigenvalue weighted by atomic mass is 10.1. The Kier molecular flexibility index (Phi) is 7.74. The summed E-state index contributed by atoms with van der Waals surface area (Å²) in [4.78, 5) is 14.0. The lowest BCUT2D eigenvalue weighted by molar-refractivity contribution is -0.137. The summed E-state index contributed by atoms with van der Waals surface area (Å²) in [7, 11) is 0. The van der Waals surface area contributed by atoms with Gasteiger partial charge in [0.25, 0.3) is 5.91 Å². The number of hydrogen-bond acceptors (Lipinski definition) is 5. The second-order valence-electron chi connectivity index (χ2n) is 6.57. The number of alkyl halides is 3. The van der Waals surface area contributed by atoms with Gasteiger partial charge in [-0.25, -0.2) is 0 Å². The van der Waals surface area contributed by atoms with Crippen LogP contribution in [0.4, 0.5) is 24.5 Å². The van der Waals surface area contributed by atoms with E-state index in [0.717, 1.165) is 16.6 Å². The number of nitrogens with one attached hydrogen (secondary N) is 2. The highest BCUT2D eigenvalue weighted by Gasteiger charge is 2.31. The van der Waals surface area contributed by atoms with E-state index in [1.54, 1.807) is 24.3 Å². The lowest BCUT2D eigenvalue weighted by Gasteiger charge is -2.31. The summed E-state index contributed by atoms with van der Waals surface area (Å²) >= 11 is 8.43. The van der Waals surface area contributed by atoms with Crippen molar-refractivity contribution in [2.24, 2.45) is 0 Å². The molecule has 1 saturated heterocycles. The Bertz CT molecular complexity index is 936. The number of ether oxygens (including phenoxy) is 2.